The van der Waals surface area contributed by atoms with E-state index >= 15 is 0 Å². The average Bonchev–Trinajstić information content (AvgIpc) is 3.43. The van der Waals surface area contributed by atoms with Crippen molar-refractivity contribution in [2.24, 2.45) is 5.92 Å². The number of aliphatic hydroxyl groups is 4. The van der Waals surface area contributed by atoms with Crippen molar-refractivity contribution >= 4 is 11.8 Å². The van der Waals surface area contributed by atoms with Crippen molar-refractivity contribution in [3.63, 3.8) is 0 Å². The van der Waals surface area contributed by atoms with E-state index in [2.05, 4.69) is 5.32 Å². The SMILES string of the molecule is C.CC.CO.COC[C@@H]1CCCN1C(=O)CCCCCNC(=O)CCCCCOC1OC(CO)[C@H](O)[C@H](O)[C@@H]1C. The summed E-state index contributed by atoms with van der Waals surface area (Å²) < 4.78 is 16.4. The monoisotopic (exact) mass is 580 g/mol. The molecule has 2 fully saturated rings. The van der Waals surface area contributed by atoms with Gasteiger partial charge in [0.2, 0.25) is 11.8 Å². The number of aliphatic hydroxyl groups excluding tert-OH is 4. The van der Waals surface area contributed by atoms with E-state index in [1.165, 1.54) is 0 Å². The van der Waals surface area contributed by atoms with Crippen LogP contribution in [0.1, 0.15) is 92.4 Å². The number of carbonyl (C=O) groups excluding carboxylic acids is 2. The molecule has 5 N–H and O–H groups in total. The Balaban J connectivity index is 0. The zero-order valence-corrected chi connectivity index (χ0v) is 24.8. The fourth-order valence-electron chi connectivity index (χ4n) is 4.74. The van der Waals surface area contributed by atoms with Crippen molar-refractivity contribution in [2.45, 2.75) is 123 Å². The van der Waals surface area contributed by atoms with Gasteiger partial charge in [-0.3, -0.25) is 9.59 Å². The van der Waals surface area contributed by atoms with Crippen LogP contribution in [0.4, 0.5) is 0 Å². The summed E-state index contributed by atoms with van der Waals surface area (Å²) in [6.07, 6.45) is 4.37. The summed E-state index contributed by atoms with van der Waals surface area (Å²) in [5.41, 5.74) is 0. The Morgan fingerprint density at radius 1 is 1.00 bits per heavy atom. The summed E-state index contributed by atoms with van der Waals surface area (Å²) in [7, 11) is 2.67. The lowest BCUT2D eigenvalue weighted by Crippen LogP contribution is -2.55. The molecule has 6 atom stereocenters. The third-order valence-electron chi connectivity index (χ3n) is 6.96. The number of hydrogen-bond donors (Lipinski definition) is 5. The standard InChI is InChI=1S/C25H46N2O8.C2H6.CH4O.CH4/c1-18-23(31)24(32)20(16-28)35-25(18)34-15-8-4-5-11-21(29)26-13-7-3-6-12-22(30)27-14-9-10-19(27)17-33-2;2*1-2;/h18-20,23-25,28,31-32H,3-17H2,1-2H3,(H,26,29);1-2H3;2H,1H3;1H4/t18-,19-,20?,23+,24-,25?;;;/m0.../s1. The van der Waals surface area contributed by atoms with Crippen LogP contribution in [-0.2, 0) is 23.8 Å². The minimum Gasteiger partial charge on any atom is -0.400 e. The lowest BCUT2D eigenvalue weighted by Gasteiger charge is -2.40. The number of nitrogens with one attached hydrogen (secondary N) is 1. The Bertz CT molecular complexity index is 624. The van der Waals surface area contributed by atoms with Gasteiger partial charge in [-0.2, -0.15) is 0 Å². The molecule has 0 radical (unpaired) electrons. The second-order valence-corrected chi connectivity index (χ2v) is 9.75. The average molecular weight is 581 g/mol. The van der Waals surface area contributed by atoms with Crippen molar-refractivity contribution < 1.29 is 44.2 Å². The molecule has 2 rings (SSSR count). The number of methoxy groups -OCH3 is 1. The van der Waals surface area contributed by atoms with E-state index in [9.17, 15) is 24.9 Å². The van der Waals surface area contributed by atoms with Gasteiger partial charge in [0.15, 0.2) is 6.29 Å². The second kappa shape index (κ2) is 25.4. The Kier molecular flexibility index (Phi) is 25.9. The molecule has 0 saturated carbocycles. The lowest BCUT2D eigenvalue weighted by molar-refractivity contribution is -0.282. The van der Waals surface area contributed by atoms with Gasteiger partial charge in [0.1, 0.15) is 12.2 Å². The molecule has 2 amide bonds. The van der Waals surface area contributed by atoms with Crippen LogP contribution in [0.15, 0.2) is 0 Å². The van der Waals surface area contributed by atoms with E-state index in [0.29, 0.717) is 32.6 Å². The third-order valence-corrected chi connectivity index (χ3v) is 6.96. The van der Waals surface area contributed by atoms with Gasteiger partial charge in [0.25, 0.3) is 0 Å². The Hall–Kier alpha value is -1.34. The summed E-state index contributed by atoms with van der Waals surface area (Å²) in [5, 5.41) is 39.1. The first-order chi connectivity index (χ1) is 18.9. The van der Waals surface area contributed by atoms with Gasteiger partial charge in [-0.15, -0.1) is 0 Å². The summed E-state index contributed by atoms with van der Waals surface area (Å²) in [4.78, 5) is 26.3. The molecule has 0 aromatic carbocycles. The summed E-state index contributed by atoms with van der Waals surface area (Å²) in [5.74, 6) is -0.151. The van der Waals surface area contributed by atoms with Gasteiger partial charge in [0, 0.05) is 52.7 Å². The van der Waals surface area contributed by atoms with E-state index in [4.69, 9.17) is 19.3 Å². The first-order valence-electron chi connectivity index (χ1n) is 14.6. The van der Waals surface area contributed by atoms with E-state index < -0.39 is 30.5 Å². The molecule has 11 nitrogen and oxygen atoms in total. The number of likely N-dealkylation sites (tertiary alicyclic amines) is 1. The number of nitrogens with zero attached hydrogens (tertiary/aromatic N) is 1. The molecular weight excluding hydrogens is 520 g/mol. The highest BCUT2D eigenvalue weighted by molar-refractivity contribution is 5.77. The van der Waals surface area contributed by atoms with Crippen molar-refractivity contribution in [3.8, 4) is 0 Å². The maximum Gasteiger partial charge on any atom is 0.222 e. The van der Waals surface area contributed by atoms with E-state index in [1.807, 2.05) is 18.7 Å². The predicted molar refractivity (Wildman–Crippen MR) is 156 cm³/mol. The lowest BCUT2D eigenvalue weighted by atomic mass is 9.92. The van der Waals surface area contributed by atoms with Crippen molar-refractivity contribution in [1.29, 1.82) is 0 Å². The molecule has 2 aliphatic heterocycles. The molecule has 11 heteroatoms. The van der Waals surface area contributed by atoms with Gasteiger partial charge in [-0.05, 0) is 38.5 Å². The molecule has 40 heavy (non-hydrogen) atoms. The summed E-state index contributed by atoms with van der Waals surface area (Å²) in [6, 6.07) is 0.225. The fourth-order valence-corrected chi connectivity index (χ4v) is 4.74. The smallest absolute Gasteiger partial charge is 0.222 e. The number of ether oxygens (including phenoxy) is 3. The topological polar surface area (TPSA) is 158 Å². The highest BCUT2D eigenvalue weighted by atomic mass is 16.7. The molecule has 240 valence electrons. The summed E-state index contributed by atoms with van der Waals surface area (Å²) in [6.45, 7) is 7.84. The molecule has 0 bridgehead atoms. The highest BCUT2D eigenvalue weighted by Crippen LogP contribution is 2.27. The summed E-state index contributed by atoms with van der Waals surface area (Å²) >= 11 is 0. The number of amides is 2. The van der Waals surface area contributed by atoms with Gasteiger partial charge in [0.05, 0.1) is 25.4 Å². The van der Waals surface area contributed by atoms with Crippen LogP contribution < -0.4 is 5.32 Å². The van der Waals surface area contributed by atoms with Crippen LogP contribution in [0, 0.1) is 5.92 Å². The highest BCUT2D eigenvalue weighted by Gasteiger charge is 2.42. The molecule has 2 unspecified atom stereocenters. The van der Waals surface area contributed by atoms with Gasteiger partial charge in [-0.25, -0.2) is 0 Å². The van der Waals surface area contributed by atoms with Crippen molar-refractivity contribution in [2.75, 3.05) is 47.1 Å². The molecular formula is C29H60N2O9. The van der Waals surface area contributed by atoms with Crippen LogP contribution in [0.25, 0.3) is 0 Å². The van der Waals surface area contributed by atoms with Crippen molar-refractivity contribution in [1.82, 2.24) is 10.2 Å². The second-order valence-electron chi connectivity index (χ2n) is 9.75. The first kappa shape index (κ1) is 40.8. The Morgan fingerprint density at radius 2 is 1.65 bits per heavy atom. The van der Waals surface area contributed by atoms with Crippen LogP contribution in [0.3, 0.4) is 0 Å². The molecule has 2 aliphatic rings. The van der Waals surface area contributed by atoms with Crippen molar-refractivity contribution in [3.05, 3.63) is 0 Å². The predicted octanol–water partition coefficient (Wildman–Crippen LogP) is 2.22. The molecule has 0 aromatic heterocycles. The van der Waals surface area contributed by atoms with E-state index in [1.54, 1.807) is 14.0 Å². The van der Waals surface area contributed by atoms with Crippen LogP contribution in [-0.4, -0.2) is 115 Å². The minimum atomic E-state index is -1.13. The van der Waals surface area contributed by atoms with Gasteiger partial charge >= 0.3 is 0 Å². The quantitative estimate of drug-likeness (QED) is 0.173. The Morgan fingerprint density at radius 3 is 2.30 bits per heavy atom. The van der Waals surface area contributed by atoms with Crippen LogP contribution >= 0.6 is 0 Å². The van der Waals surface area contributed by atoms with E-state index in [-0.39, 0.29) is 31.9 Å². The van der Waals surface area contributed by atoms with Crippen LogP contribution in [0.5, 0.6) is 0 Å². The van der Waals surface area contributed by atoms with Crippen LogP contribution in [0.2, 0.25) is 0 Å². The number of unbranched alkanes of at least 4 members (excludes halogenated alkanes) is 4. The zero-order valence-electron chi connectivity index (χ0n) is 24.8. The molecule has 2 heterocycles. The Labute approximate surface area is 242 Å². The largest absolute Gasteiger partial charge is 0.400 e. The first-order valence-corrected chi connectivity index (χ1v) is 14.6. The number of rotatable bonds is 16. The maximum absolute atomic E-state index is 12.4. The molecule has 0 aliphatic carbocycles. The maximum atomic E-state index is 12.4. The molecule has 0 spiro atoms. The van der Waals surface area contributed by atoms with Gasteiger partial charge in [-0.1, -0.05) is 41.0 Å². The number of hydrogen-bond acceptors (Lipinski definition) is 9. The van der Waals surface area contributed by atoms with Gasteiger partial charge < -0.3 is 44.9 Å². The fraction of sp³-hybridized carbons (Fsp3) is 0.931. The van der Waals surface area contributed by atoms with E-state index in [0.717, 1.165) is 65.0 Å². The zero-order chi connectivity index (χ0) is 29.6. The normalized spacial score (nSPS) is 25.6. The third kappa shape index (κ3) is 15.0. The molecule has 0 aromatic rings. The molecule has 2 saturated heterocycles. The minimum absolute atomic E-state index is 0. The number of carbonyl (C=O) groups is 2.